The Morgan fingerprint density at radius 2 is 1.31 bits per heavy atom. The molecule has 0 aliphatic heterocycles. The van der Waals surface area contributed by atoms with Crippen LogP contribution in [0.4, 0.5) is 4.79 Å². The van der Waals surface area contributed by atoms with Crippen molar-refractivity contribution in [3.8, 4) is 0 Å². The Labute approximate surface area is 234 Å². The average molecular weight is 551 g/mol. The largest absolute Gasteiger partial charge is 0.463 e. The number of hydrogen-bond donors (Lipinski definition) is 4. The molecule has 4 N–H and O–H groups in total. The van der Waals surface area contributed by atoms with E-state index in [-0.39, 0.29) is 19.6 Å². The number of nitrogens with one attached hydrogen (secondary N) is 2. The zero-order valence-corrected chi connectivity index (χ0v) is 23.8. The Morgan fingerprint density at radius 1 is 0.769 bits per heavy atom. The molecular formula is C30H50N2O7. The van der Waals surface area contributed by atoms with E-state index in [4.69, 9.17) is 9.47 Å². The van der Waals surface area contributed by atoms with Gasteiger partial charge in [0.05, 0.1) is 13.2 Å². The van der Waals surface area contributed by atoms with Gasteiger partial charge < -0.3 is 30.3 Å². The molecule has 1 aromatic carbocycles. The van der Waals surface area contributed by atoms with Crippen molar-refractivity contribution in [3.05, 3.63) is 35.9 Å². The van der Waals surface area contributed by atoms with E-state index in [0.717, 1.165) is 18.4 Å². The number of amides is 2. The Bertz CT molecular complexity index is 785. The van der Waals surface area contributed by atoms with Crippen LogP contribution in [-0.4, -0.2) is 60.1 Å². The van der Waals surface area contributed by atoms with Crippen LogP contribution in [0.1, 0.15) is 102 Å². The number of aliphatic hydroxyl groups excluding tert-OH is 2. The average Bonchev–Trinajstić information content (AvgIpc) is 2.96. The second-order valence-corrected chi connectivity index (χ2v) is 10.2. The maximum Gasteiger partial charge on any atom is 0.407 e. The summed E-state index contributed by atoms with van der Waals surface area (Å²) < 4.78 is 10.3. The summed E-state index contributed by atoms with van der Waals surface area (Å²) in [6.07, 6.45) is 15.2. The molecule has 0 unspecified atom stereocenters. The Morgan fingerprint density at radius 3 is 1.85 bits per heavy atom. The molecule has 0 radical (unpaired) electrons. The Balaban J connectivity index is 2.15. The van der Waals surface area contributed by atoms with Gasteiger partial charge in [0.25, 0.3) is 0 Å². The van der Waals surface area contributed by atoms with E-state index in [9.17, 15) is 24.6 Å². The number of unbranched alkanes of at least 4 members (excludes halogenated alkanes) is 12. The van der Waals surface area contributed by atoms with E-state index in [1.165, 1.54) is 64.2 Å². The summed E-state index contributed by atoms with van der Waals surface area (Å²) in [5.41, 5.74) is -0.740. The van der Waals surface area contributed by atoms with Crippen LogP contribution in [0.2, 0.25) is 0 Å². The zero-order valence-electron chi connectivity index (χ0n) is 23.8. The minimum atomic E-state index is -1.54. The third-order valence-corrected chi connectivity index (χ3v) is 6.61. The SMILES string of the molecule is CCCCCCCCCCCCCCCC(=O)OCC(CO)(CO)NC(=O)CNC(=O)OCc1ccccc1. The van der Waals surface area contributed by atoms with Gasteiger partial charge in [-0.3, -0.25) is 9.59 Å². The molecule has 0 fully saturated rings. The monoisotopic (exact) mass is 550 g/mol. The highest BCUT2D eigenvalue weighted by molar-refractivity contribution is 5.82. The van der Waals surface area contributed by atoms with Crippen LogP contribution in [0.5, 0.6) is 0 Å². The predicted octanol–water partition coefficient (Wildman–Crippen LogP) is 4.78. The molecule has 9 nitrogen and oxygen atoms in total. The number of benzene rings is 1. The van der Waals surface area contributed by atoms with Crippen molar-refractivity contribution in [2.75, 3.05) is 26.4 Å². The Kier molecular flexibility index (Phi) is 19.6. The molecule has 39 heavy (non-hydrogen) atoms. The third kappa shape index (κ3) is 17.5. The van der Waals surface area contributed by atoms with Crippen molar-refractivity contribution in [1.82, 2.24) is 10.6 Å². The van der Waals surface area contributed by atoms with E-state index in [0.29, 0.717) is 6.42 Å². The molecule has 0 atom stereocenters. The summed E-state index contributed by atoms with van der Waals surface area (Å²) in [6.45, 7) is 0.214. The van der Waals surface area contributed by atoms with Gasteiger partial charge in [-0.2, -0.15) is 0 Å². The third-order valence-electron chi connectivity index (χ3n) is 6.61. The van der Waals surface area contributed by atoms with Crippen molar-refractivity contribution in [2.45, 2.75) is 109 Å². The quantitative estimate of drug-likeness (QED) is 0.114. The highest BCUT2D eigenvalue weighted by atomic mass is 16.5. The van der Waals surface area contributed by atoms with Crippen molar-refractivity contribution in [1.29, 1.82) is 0 Å². The van der Waals surface area contributed by atoms with Gasteiger partial charge in [0.1, 0.15) is 25.3 Å². The van der Waals surface area contributed by atoms with E-state index in [1.54, 1.807) is 12.1 Å². The summed E-state index contributed by atoms with van der Waals surface area (Å²) in [6, 6.07) is 9.09. The number of esters is 1. The first-order valence-corrected chi connectivity index (χ1v) is 14.6. The molecule has 2 amide bonds. The summed E-state index contributed by atoms with van der Waals surface area (Å²) in [5.74, 6) is -1.11. The number of carbonyl (C=O) groups excluding carboxylic acids is 3. The molecule has 9 heteroatoms. The second-order valence-electron chi connectivity index (χ2n) is 10.2. The van der Waals surface area contributed by atoms with E-state index < -0.39 is 43.3 Å². The molecule has 0 saturated carbocycles. The first-order chi connectivity index (χ1) is 18.9. The molecule has 0 aliphatic carbocycles. The molecule has 1 aromatic rings. The number of ether oxygens (including phenoxy) is 2. The normalized spacial score (nSPS) is 11.2. The lowest BCUT2D eigenvalue weighted by Gasteiger charge is -2.30. The smallest absolute Gasteiger partial charge is 0.407 e. The number of aliphatic hydroxyl groups is 2. The summed E-state index contributed by atoms with van der Waals surface area (Å²) in [4.78, 5) is 36.2. The summed E-state index contributed by atoms with van der Waals surface area (Å²) in [5, 5.41) is 24.3. The van der Waals surface area contributed by atoms with Crippen LogP contribution in [0, 0.1) is 0 Å². The first-order valence-electron chi connectivity index (χ1n) is 14.6. The van der Waals surface area contributed by atoms with Crippen LogP contribution in [0.25, 0.3) is 0 Å². The number of hydrogen-bond acceptors (Lipinski definition) is 7. The Hall–Kier alpha value is -2.65. The molecule has 0 bridgehead atoms. The lowest BCUT2D eigenvalue weighted by atomic mass is 10.0. The minimum absolute atomic E-state index is 0.0563. The van der Waals surface area contributed by atoms with E-state index in [1.807, 2.05) is 18.2 Å². The highest BCUT2D eigenvalue weighted by Gasteiger charge is 2.32. The maximum absolute atomic E-state index is 12.3. The maximum atomic E-state index is 12.3. The zero-order chi connectivity index (χ0) is 28.6. The van der Waals surface area contributed by atoms with Crippen LogP contribution >= 0.6 is 0 Å². The van der Waals surface area contributed by atoms with Crippen LogP contribution in [0.15, 0.2) is 30.3 Å². The molecule has 0 aromatic heterocycles. The second kappa shape index (κ2) is 22.2. The standard InChI is InChI=1S/C30H50N2O7/c1-2-3-4-5-6-7-8-9-10-11-12-13-17-20-28(36)39-25-30(23-33,24-34)32-27(35)21-31-29(37)38-22-26-18-15-14-16-19-26/h14-16,18-19,33-34H,2-13,17,20-25H2,1H3,(H,31,37)(H,32,35). The summed E-state index contributed by atoms with van der Waals surface area (Å²) >= 11 is 0. The van der Waals surface area contributed by atoms with E-state index >= 15 is 0 Å². The van der Waals surface area contributed by atoms with Crippen LogP contribution in [0.3, 0.4) is 0 Å². The molecule has 1 rings (SSSR count). The van der Waals surface area contributed by atoms with E-state index in [2.05, 4.69) is 17.6 Å². The molecule has 0 spiro atoms. The fraction of sp³-hybridized carbons (Fsp3) is 0.700. The van der Waals surface area contributed by atoms with Crippen LogP contribution in [-0.2, 0) is 25.7 Å². The fourth-order valence-electron chi connectivity index (χ4n) is 4.10. The lowest BCUT2D eigenvalue weighted by molar-refractivity contribution is -0.149. The van der Waals surface area contributed by atoms with Gasteiger partial charge in [0.2, 0.25) is 5.91 Å². The lowest BCUT2D eigenvalue weighted by Crippen LogP contribution is -2.59. The summed E-state index contributed by atoms with van der Waals surface area (Å²) in [7, 11) is 0. The minimum Gasteiger partial charge on any atom is -0.463 e. The molecule has 0 saturated heterocycles. The number of alkyl carbamates (subject to hydrolysis) is 1. The predicted molar refractivity (Wildman–Crippen MR) is 151 cm³/mol. The van der Waals surface area contributed by atoms with Gasteiger partial charge in [-0.15, -0.1) is 0 Å². The van der Waals surface area contributed by atoms with Gasteiger partial charge in [-0.25, -0.2) is 4.79 Å². The molecular weight excluding hydrogens is 500 g/mol. The van der Waals surface area contributed by atoms with Crippen LogP contribution < -0.4 is 10.6 Å². The van der Waals surface area contributed by atoms with Crippen molar-refractivity contribution < 1.29 is 34.1 Å². The fourth-order valence-corrected chi connectivity index (χ4v) is 4.10. The van der Waals surface area contributed by atoms with Gasteiger partial charge in [0.15, 0.2) is 0 Å². The highest BCUT2D eigenvalue weighted by Crippen LogP contribution is 2.13. The molecule has 0 aliphatic rings. The molecule has 0 heterocycles. The first kappa shape index (κ1) is 34.4. The van der Waals surface area contributed by atoms with Gasteiger partial charge in [0, 0.05) is 6.42 Å². The van der Waals surface area contributed by atoms with Crippen molar-refractivity contribution >= 4 is 18.0 Å². The molecule has 222 valence electrons. The van der Waals surface area contributed by atoms with Gasteiger partial charge in [-0.05, 0) is 12.0 Å². The van der Waals surface area contributed by atoms with Gasteiger partial charge >= 0.3 is 12.1 Å². The number of carbonyl (C=O) groups is 3. The van der Waals surface area contributed by atoms with Crippen molar-refractivity contribution in [3.63, 3.8) is 0 Å². The topological polar surface area (TPSA) is 134 Å². The number of rotatable bonds is 23. The van der Waals surface area contributed by atoms with Crippen molar-refractivity contribution in [2.24, 2.45) is 0 Å². The van der Waals surface area contributed by atoms with Gasteiger partial charge in [-0.1, -0.05) is 114 Å².